The second-order valence-electron chi connectivity index (χ2n) is 5.95. The van der Waals surface area contributed by atoms with E-state index in [2.05, 4.69) is 10.0 Å². The molecule has 7 heteroatoms. The first kappa shape index (κ1) is 17.7. The van der Waals surface area contributed by atoms with E-state index < -0.39 is 10.0 Å². The summed E-state index contributed by atoms with van der Waals surface area (Å²) in [5, 5.41) is 12.4. The van der Waals surface area contributed by atoms with E-state index in [1.807, 2.05) is 0 Å². The van der Waals surface area contributed by atoms with E-state index in [4.69, 9.17) is 0 Å². The van der Waals surface area contributed by atoms with Crippen LogP contribution in [0.2, 0.25) is 0 Å². The van der Waals surface area contributed by atoms with Crippen LogP contribution in [0.1, 0.15) is 49.4 Å². The van der Waals surface area contributed by atoms with Gasteiger partial charge in [0.25, 0.3) is 5.91 Å². The van der Waals surface area contributed by atoms with Gasteiger partial charge < -0.3 is 10.4 Å². The lowest BCUT2D eigenvalue weighted by molar-refractivity contribution is 0.0868. The number of benzene rings is 1. The Morgan fingerprint density at radius 2 is 1.87 bits per heavy atom. The van der Waals surface area contributed by atoms with Gasteiger partial charge in [-0.15, -0.1) is 0 Å². The van der Waals surface area contributed by atoms with Crippen molar-refractivity contribution in [1.29, 1.82) is 0 Å². The third kappa shape index (κ3) is 5.21. The number of hydrogen-bond donors (Lipinski definition) is 3. The third-order valence-corrected chi connectivity index (χ3v) is 5.42. The Morgan fingerprint density at radius 3 is 2.52 bits per heavy atom. The van der Waals surface area contributed by atoms with Crippen molar-refractivity contribution in [3.63, 3.8) is 0 Å². The van der Waals surface area contributed by atoms with Gasteiger partial charge >= 0.3 is 0 Å². The first-order chi connectivity index (χ1) is 10.9. The van der Waals surface area contributed by atoms with Crippen LogP contribution in [0.15, 0.2) is 24.3 Å². The van der Waals surface area contributed by atoms with Gasteiger partial charge in [-0.05, 0) is 44.2 Å². The Balaban J connectivity index is 2.08. The highest BCUT2D eigenvalue weighted by Gasteiger charge is 2.23. The second kappa shape index (κ2) is 7.79. The fraction of sp³-hybridized carbons (Fsp3) is 0.562. The summed E-state index contributed by atoms with van der Waals surface area (Å²) >= 11 is 0. The van der Waals surface area contributed by atoms with Crippen molar-refractivity contribution in [3.05, 3.63) is 29.8 Å². The topological polar surface area (TPSA) is 95.5 Å². The number of carbonyl (C=O) groups excluding carboxylic acids is 1. The molecule has 128 valence electrons. The van der Waals surface area contributed by atoms with Gasteiger partial charge in [-0.25, -0.2) is 8.42 Å². The number of amides is 1. The zero-order valence-corrected chi connectivity index (χ0v) is 14.1. The van der Waals surface area contributed by atoms with E-state index in [1.165, 1.54) is 0 Å². The van der Waals surface area contributed by atoms with Crippen LogP contribution in [0, 0.1) is 0 Å². The first-order valence-electron chi connectivity index (χ1n) is 7.99. The maximum atomic E-state index is 12.5. The lowest BCUT2D eigenvalue weighted by Crippen LogP contribution is -2.38. The highest BCUT2D eigenvalue weighted by Crippen LogP contribution is 2.21. The van der Waals surface area contributed by atoms with Crippen molar-refractivity contribution in [2.24, 2.45) is 0 Å². The minimum Gasteiger partial charge on any atom is -0.393 e. The standard InChI is InChI=1S/C16H24N2O4S/c1-2-11-23(21,22)18-15-6-4-3-5-14(15)16(20)17-12-7-9-13(19)10-8-12/h3-6,12-13,18-19H,2,7-11H2,1H3,(H,17,20). The number of aliphatic hydroxyl groups is 1. The Morgan fingerprint density at radius 1 is 1.22 bits per heavy atom. The number of anilines is 1. The fourth-order valence-electron chi connectivity index (χ4n) is 2.74. The number of carbonyl (C=O) groups is 1. The summed E-state index contributed by atoms with van der Waals surface area (Å²) < 4.78 is 26.3. The first-order valence-corrected chi connectivity index (χ1v) is 9.65. The van der Waals surface area contributed by atoms with Crippen LogP contribution >= 0.6 is 0 Å². The average molecular weight is 340 g/mol. The number of rotatable bonds is 6. The van der Waals surface area contributed by atoms with Gasteiger partial charge in [-0.3, -0.25) is 9.52 Å². The number of sulfonamides is 1. The van der Waals surface area contributed by atoms with Gasteiger partial charge in [-0.1, -0.05) is 19.1 Å². The molecule has 0 spiro atoms. The van der Waals surface area contributed by atoms with Crippen molar-refractivity contribution < 1.29 is 18.3 Å². The Hall–Kier alpha value is -1.60. The van der Waals surface area contributed by atoms with Crippen molar-refractivity contribution in [1.82, 2.24) is 5.32 Å². The van der Waals surface area contributed by atoms with Crippen LogP contribution in [0.4, 0.5) is 5.69 Å². The lowest BCUT2D eigenvalue weighted by atomic mass is 9.93. The van der Waals surface area contributed by atoms with Crippen molar-refractivity contribution in [2.75, 3.05) is 10.5 Å². The van der Waals surface area contributed by atoms with Crippen LogP contribution in [-0.4, -0.2) is 37.3 Å². The highest BCUT2D eigenvalue weighted by atomic mass is 32.2. The highest BCUT2D eigenvalue weighted by molar-refractivity contribution is 7.92. The van der Waals surface area contributed by atoms with Gasteiger partial charge in [0.1, 0.15) is 0 Å². The molecule has 0 aliphatic heterocycles. The molecule has 1 saturated carbocycles. The Kier molecular flexibility index (Phi) is 6.01. The number of hydrogen-bond acceptors (Lipinski definition) is 4. The summed E-state index contributed by atoms with van der Waals surface area (Å²) in [5.41, 5.74) is 0.618. The van der Waals surface area contributed by atoms with E-state index >= 15 is 0 Å². The molecule has 0 unspecified atom stereocenters. The number of nitrogens with one attached hydrogen (secondary N) is 2. The van der Waals surface area contributed by atoms with Crippen molar-refractivity contribution >= 4 is 21.6 Å². The molecule has 0 saturated heterocycles. The molecule has 1 fully saturated rings. The molecule has 1 aliphatic carbocycles. The summed E-state index contributed by atoms with van der Waals surface area (Å²) in [4.78, 5) is 12.5. The molecule has 2 rings (SSSR count). The summed E-state index contributed by atoms with van der Waals surface area (Å²) in [7, 11) is -3.44. The maximum Gasteiger partial charge on any atom is 0.253 e. The van der Waals surface area contributed by atoms with E-state index in [9.17, 15) is 18.3 Å². The van der Waals surface area contributed by atoms with Crippen molar-refractivity contribution in [2.45, 2.75) is 51.2 Å². The van der Waals surface area contributed by atoms with Gasteiger partial charge in [0.05, 0.1) is 23.1 Å². The van der Waals surface area contributed by atoms with Crippen LogP contribution in [0.3, 0.4) is 0 Å². The third-order valence-electron chi connectivity index (χ3n) is 3.94. The second-order valence-corrected chi connectivity index (χ2v) is 7.79. The minimum atomic E-state index is -3.44. The molecule has 1 aromatic rings. The molecule has 0 radical (unpaired) electrons. The largest absolute Gasteiger partial charge is 0.393 e. The van der Waals surface area contributed by atoms with Crippen LogP contribution in [-0.2, 0) is 10.0 Å². The molecule has 0 heterocycles. The van der Waals surface area contributed by atoms with E-state index in [0.717, 1.165) is 12.8 Å². The molecule has 3 N–H and O–H groups in total. The zero-order valence-electron chi connectivity index (χ0n) is 13.3. The van der Waals surface area contributed by atoms with Crippen LogP contribution in [0.5, 0.6) is 0 Å². The van der Waals surface area contributed by atoms with Gasteiger partial charge in [0, 0.05) is 6.04 Å². The van der Waals surface area contributed by atoms with Gasteiger partial charge in [-0.2, -0.15) is 0 Å². The fourth-order valence-corrected chi connectivity index (χ4v) is 3.89. The van der Waals surface area contributed by atoms with E-state index in [0.29, 0.717) is 30.5 Å². The maximum absolute atomic E-state index is 12.5. The van der Waals surface area contributed by atoms with Crippen molar-refractivity contribution in [3.8, 4) is 0 Å². The molecular weight excluding hydrogens is 316 g/mol. The zero-order chi connectivity index (χ0) is 16.9. The average Bonchev–Trinajstić information content (AvgIpc) is 2.49. The summed E-state index contributed by atoms with van der Waals surface area (Å²) in [6.07, 6.45) is 3.04. The molecule has 1 amide bonds. The molecule has 1 aliphatic rings. The molecule has 0 bridgehead atoms. The monoisotopic (exact) mass is 340 g/mol. The lowest BCUT2D eigenvalue weighted by Gasteiger charge is -2.26. The number of aliphatic hydroxyl groups excluding tert-OH is 1. The normalized spacial score (nSPS) is 21.7. The number of para-hydroxylation sites is 1. The molecular formula is C16H24N2O4S. The smallest absolute Gasteiger partial charge is 0.253 e. The molecule has 0 aromatic heterocycles. The SMILES string of the molecule is CCCS(=O)(=O)Nc1ccccc1C(=O)NC1CCC(O)CC1. The quantitative estimate of drug-likeness (QED) is 0.737. The summed E-state index contributed by atoms with van der Waals surface area (Å²) in [6, 6.07) is 6.62. The van der Waals surface area contributed by atoms with Gasteiger partial charge in [0.2, 0.25) is 10.0 Å². The Bertz CT molecular complexity index is 637. The van der Waals surface area contributed by atoms with Gasteiger partial charge in [0.15, 0.2) is 0 Å². The predicted molar refractivity (Wildman–Crippen MR) is 89.9 cm³/mol. The summed E-state index contributed by atoms with van der Waals surface area (Å²) in [5.74, 6) is -0.273. The predicted octanol–water partition coefficient (Wildman–Crippen LogP) is 1.87. The van der Waals surface area contributed by atoms with E-state index in [1.54, 1.807) is 31.2 Å². The minimum absolute atomic E-state index is 0.0173. The molecule has 23 heavy (non-hydrogen) atoms. The summed E-state index contributed by atoms with van der Waals surface area (Å²) in [6.45, 7) is 1.79. The molecule has 1 aromatic carbocycles. The van der Waals surface area contributed by atoms with E-state index in [-0.39, 0.29) is 23.8 Å². The van der Waals surface area contributed by atoms with Crippen LogP contribution < -0.4 is 10.0 Å². The Labute approximate surface area is 137 Å². The molecule has 6 nitrogen and oxygen atoms in total. The molecule has 0 atom stereocenters. The van der Waals surface area contributed by atoms with Crippen LogP contribution in [0.25, 0.3) is 0 Å².